The topological polar surface area (TPSA) is 142 Å². The molecular formula is C21H18N3O7-. The number of hydrogen-bond donors (Lipinski definition) is 1. The maximum Gasteiger partial charge on any atom is 0.335 e. The van der Waals surface area contributed by atoms with Crippen LogP contribution < -0.4 is 20.1 Å². The number of nitro groups is 1. The molecule has 1 aliphatic heterocycles. The van der Waals surface area contributed by atoms with E-state index in [1.165, 1.54) is 6.07 Å². The van der Waals surface area contributed by atoms with E-state index in [-0.39, 0.29) is 22.9 Å². The van der Waals surface area contributed by atoms with Crippen LogP contribution in [-0.4, -0.2) is 29.9 Å². The van der Waals surface area contributed by atoms with Gasteiger partial charge in [-0.05, 0) is 41.3 Å². The molecule has 1 fully saturated rings. The third kappa shape index (κ3) is 4.08. The predicted octanol–water partition coefficient (Wildman–Crippen LogP) is 2.47. The summed E-state index contributed by atoms with van der Waals surface area (Å²) < 4.78 is 4.86. The van der Waals surface area contributed by atoms with Crippen molar-refractivity contribution >= 4 is 35.3 Å². The third-order valence-corrected chi connectivity index (χ3v) is 4.70. The zero-order chi connectivity index (χ0) is 22.9. The summed E-state index contributed by atoms with van der Waals surface area (Å²) in [6.07, 6.45) is 1.06. The Bertz CT molecular complexity index is 1120. The fourth-order valence-corrected chi connectivity index (χ4v) is 3.05. The lowest BCUT2D eigenvalue weighted by molar-refractivity contribution is -0.398. The van der Waals surface area contributed by atoms with Crippen LogP contribution in [0, 0.1) is 10.1 Å². The van der Waals surface area contributed by atoms with Crippen LogP contribution in [0.5, 0.6) is 11.5 Å². The number of carbonyl (C=O) groups is 3. The fraction of sp³-hybridized carbons (Fsp3) is 0.190. The average molecular weight is 424 g/mol. The van der Waals surface area contributed by atoms with Crippen LogP contribution in [0.25, 0.3) is 6.08 Å². The number of nitrogens with one attached hydrogen (secondary N) is 1. The highest BCUT2D eigenvalue weighted by Crippen LogP contribution is 2.35. The van der Waals surface area contributed by atoms with E-state index in [4.69, 9.17) is 4.74 Å². The van der Waals surface area contributed by atoms with Crippen LogP contribution in [-0.2, 0) is 9.59 Å². The molecule has 0 aromatic heterocycles. The number of carbonyl (C=O) groups excluding carboxylic acids is 3. The number of methoxy groups -OCH3 is 1. The molecule has 0 atom stereocenters. The van der Waals surface area contributed by atoms with Gasteiger partial charge in [-0.25, -0.2) is 9.69 Å². The van der Waals surface area contributed by atoms with Gasteiger partial charge in [-0.3, -0.25) is 25.0 Å². The minimum absolute atomic E-state index is 0.0195. The zero-order valence-corrected chi connectivity index (χ0v) is 16.9. The molecule has 4 amide bonds. The van der Waals surface area contributed by atoms with E-state index in [9.17, 15) is 29.6 Å². The first-order valence-electron chi connectivity index (χ1n) is 9.19. The molecule has 0 spiro atoms. The van der Waals surface area contributed by atoms with Crippen molar-refractivity contribution in [2.75, 3.05) is 12.0 Å². The SMILES string of the molecule is COc1cc(/C=C2\C(=O)NC(=O)N(c3ccc(C(C)C)cc3)C2=O)cc([N+](=O)[O-])c1[O-]. The number of anilines is 1. The molecule has 1 N–H and O–H groups in total. The molecule has 1 saturated heterocycles. The Kier molecular flexibility index (Phi) is 5.73. The molecule has 10 heteroatoms. The lowest BCUT2D eigenvalue weighted by atomic mass is 10.0. The summed E-state index contributed by atoms with van der Waals surface area (Å²) in [6, 6.07) is 7.88. The Hall–Kier alpha value is -4.21. The summed E-state index contributed by atoms with van der Waals surface area (Å²) in [7, 11) is 1.16. The largest absolute Gasteiger partial charge is 0.865 e. The molecule has 3 rings (SSSR count). The monoisotopic (exact) mass is 424 g/mol. The van der Waals surface area contributed by atoms with E-state index >= 15 is 0 Å². The number of benzene rings is 2. The summed E-state index contributed by atoms with van der Waals surface area (Å²) in [5, 5.41) is 25.2. The van der Waals surface area contributed by atoms with Gasteiger partial charge in [0.15, 0.2) is 0 Å². The van der Waals surface area contributed by atoms with E-state index in [0.29, 0.717) is 0 Å². The van der Waals surface area contributed by atoms with Crippen molar-refractivity contribution in [1.29, 1.82) is 0 Å². The first-order chi connectivity index (χ1) is 14.6. The van der Waals surface area contributed by atoms with E-state index in [1.54, 1.807) is 24.3 Å². The average Bonchev–Trinajstić information content (AvgIpc) is 2.72. The second kappa shape index (κ2) is 8.27. The molecule has 0 radical (unpaired) electrons. The van der Waals surface area contributed by atoms with Crippen LogP contribution in [0.1, 0.15) is 30.9 Å². The summed E-state index contributed by atoms with van der Waals surface area (Å²) in [5.41, 5.74) is 0.0713. The number of barbiturate groups is 1. The summed E-state index contributed by atoms with van der Waals surface area (Å²) in [6.45, 7) is 3.99. The van der Waals surface area contributed by atoms with Gasteiger partial charge < -0.3 is 9.84 Å². The van der Waals surface area contributed by atoms with Gasteiger partial charge in [0.2, 0.25) is 0 Å². The van der Waals surface area contributed by atoms with Gasteiger partial charge in [-0.2, -0.15) is 0 Å². The highest BCUT2D eigenvalue weighted by atomic mass is 16.6. The van der Waals surface area contributed by atoms with Crippen molar-refractivity contribution in [1.82, 2.24) is 5.32 Å². The molecule has 0 unspecified atom stereocenters. The van der Waals surface area contributed by atoms with Crippen LogP contribution >= 0.6 is 0 Å². The Morgan fingerprint density at radius 3 is 2.32 bits per heavy atom. The predicted molar refractivity (Wildman–Crippen MR) is 109 cm³/mol. The Morgan fingerprint density at radius 2 is 1.77 bits per heavy atom. The summed E-state index contributed by atoms with van der Waals surface area (Å²) in [4.78, 5) is 48.6. The van der Waals surface area contributed by atoms with Crippen LogP contribution in [0.4, 0.5) is 16.2 Å². The lowest BCUT2D eigenvalue weighted by Crippen LogP contribution is -2.54. The second-order valence-electron chi connectivity index (χ2n) is 7.03. The van der Waals surface area contributed by atoms with Gasteiger partial charge in [0.1, 0.15) is 11.3 Å². The maximum absolute atomic E-state index is 13.0. The first-order valence-corrected chi connectivity index (χ1v) is 9.19. The maximum atomic E-state index is 13.0. The van der Waals surface area contributed by atoms with E-state index in [1.807, 2.05) is 13.8 Å². The molecule has 1 heterocycles. The number of imide groups is 2. The molecule has 2 aromatic rings. The standard InChI is InChI=1S/C21H19N3O7/c1-11(2)13-4-6-14(7-5-13)23-20(27)15(19(26)22-21(23)28)8-12-9-16(24(29)30)18(25)17(10-12)31-3/h4-11,25H,1-3H3,(H,22,26,28)/p-1/b15-8+. The zero-order valence-electron chi connectivity index (χ0n) is 16.9. The molecule has 10 nitrogen and oxygen atoms in total. The number of nitrogens with zero attached hydrogens (tertiary/aromatic N) is 2. The van der Waals surface area contributed by atoms with E-state index in [2.05, 4.69) is 5.32 Å². The molecular weight excluding hydrogens is 406 g/mol. The van der Waals surface area contributed by atoms with Crippen LogP contribution in [0.2, 0.25) is 0 Å². The van der Waals surface area contributed by atoms with Gasteiger partial charge in [0, 0.05) is 11.8 Å². The van der Waals surface area contributed by atoms with Crippen molar-refractivity contribution in [3.63, 3.8) is 0 Å². The quantitative estimate of drug-likeness (QED) is 0.336. The van der Waals surface area contributed by atoms with E-state index < -0.39 is 39.8 Å². The Labute approximate surface area is 176 Å². The van der Waals surface area contributed by atoms with Crippen molar-refractivity contribution in [3.8, 4) is 11.5 Å². The minimum atomic E-state index is -0.960. The highest BCUT2D eigenvalue weighted by molar-refractivity contribution is 6.39. The number of rotatable bonds is 5. The van der Waals surface area contributed by atoms with Gasteiger partial charge >= 0.3 is 6.03 Å². The van der Waals surface area contributed by atoms with Gasteiger partial charge in [-0.1, -0.05) is 26.0 Å². The smallest absolute Gasteiger partial charge is 0.335 e. The molecule has 1 aliphatic rings. The summed E-state index contributed by atoms with van der Waals surface area (Å²) >= 11 is 0. The number of urea groups is 1. The third-order valence-electron chi connectivity index (χ3n) is 4.70. The van der Waals surface area contributed by atoms with Crippen molar-refractivity contribution in [2.24, 2.45) is 0 Å². The summed E-state index contributed by atoms with van der Waals surface area (Å²) in [5.74, 6) is -2.87. The van der Waals surface area contributed by atoms with Crippen molar-refractivity contribution in [3.05, 3.63) is 63.2 Å². The second-order valence-corrected chi connectivity index (χ2v) is 7.03. The van der Waals surface area contributed by atoms with Gasteiger partial charge in [0.25, 0.3) is 17.5 Å². The van der Waals surface area contributed by atoms with Crippen LogP contribution in [0.3, 0.4) is 0 Å². The van der Waals surface area contributed by atoms with Crippen molar-refractivity contribution in [2.45, 2.75) is 19.8 Å². The lowest BCUT2D eigenvalue weighted by Gasteiger charge is -2.26. The fourth-order valence-electron chi connectivity index (χ4n) is 3.05. The molecule has 160 valence electrons. The molecule has 0 saturated carbocycles. The number of hydrogen-bond acceptors (Lipinski definition) is 7. The number of nitro benzene ring substituents is 1. The normalized spacial score (nSPS) is 15.4. The molecule has 0 bridgehead atoms. The number of ether oxygens (including phenoxy) is 1. The van der Waals surface area contributed by atoms with Gasteiger partial charge in [0.05, 0.1) is 17.7 Å². The first kappa shape index (κ1) is 21.5. The van der Waals surface area contributed by atoms with Crippen LogP contribution in [0.15, 0.2) is 42.0 Å². The molecule has 31 heavy (non-hydrogen) atoms. The Balaban J connectivity index is 2.05. The molecule has 0 aliphatic carbocycles. The molecule has 2 aromatic carbocycles. The van der Waals surface area contributed by atoms with Crippen molar-refractivity contribution < 1.29 is 29.2 Å². The van der Waals surface area contributed by atoms with Gasteiger partial charge in [-0.15, -0.1) is 0 Å². The number of amides is 4. The van der Waals surface area contributed by atoms with E-state index in [0.717, 1.165) is 29.7 Å². The minimum Gasteiger partial charge on any atom is -0.865 e. The highest BCUT2D eigenvalue weighted by Gasteiger charge is 2.37. The Morgan fingerprint density at radius 1 is 1.13 bits per heavy atom.